The zero-order valence-corrected chi connectivity index (χ0v) is 19.5. The Labute approximate surface area is 184 Å². The first-order valence-corrected chi connectivity index (χ1v) is 13.1. The molecule has 166 valence electrons. The third kappa shape index (κ3) is 5.84. The van der Waals surface area contributed by atoms with Crippen molar-refractivity contribution in [3.8, 4) is 5.75 Å². The van der Waals surface area contributed by atoms with Crippen LogP contribution in [0.5, 0.6) is 5.75 Å². The van der Waals surface area contributed by atoms with E-state index in [1.54, 1.807) is 36.4 Å². The number of hydrogen-bond acceptors (Lipinski definition) is 5. The molecule has 0 aliphatic heterocycles. The number of hydrogen-bond donors (Lipinski definition) is 0. The van der Waals surface area contributed by atoms with E-state index in [2.05, 4.69) is 0 Å². The van der Waals surface area contributed by atoms with Gasteiger partial charge < -0.3 is 4.18 Å². The van der Waals surface area contributed by atoms with Gasteiger partial charge in [0, 0.05) is 13.1 Å². The summed E-state index contributed by atoms with van der Waals surface area (Å²) in [4.78, 5) is 0.251. The predicted molar refractivity (Wildman–Crippen MR) is 123 cm³/mol. The summed E-state index contributed by atoms with van der Waals surface area (Å²) in [6.45, 7) is 5.97. The van der Waals surface area contributed by atoms with E-state index in [-0.39, 0.29) is 28.9 Å². The standard InChI is InChI=1S/C23H27NO5S2/c1-4-30(25,26)29-22-12-9-19(10-13-22)17-24(16-18(2)3)31(27,28)23-14-11-20-7-5-6-8-21(20)15-23/h5-15,18H,4,16-17H2,1-3H3. The molecule has 0 bridgehead atoms. The molecule has 8 heteroatoms. The van der Waals surface area contributed by atoms with Gasteiger partial charge in [-0.1, -0.05) is 56.3 Å². The van der Waals surface area contributed by atoms with E-state index >= 15 is 0 Å². The molecule has 0 heterocycles. The van der Waals surface area contributed by atoms with Crippen LogP contribution in [-0.4, -0.2) is 33.4 Å². The Morgan fingerprint density at radius 1 is 0.871 bits per heavy atom. The molecule has 0 aromatic heterocycles. The van der Waals surface area contributed by atoms with Crippen molar-refractivity contribution in [1.29, 1.82) is 0 Å². The van der Waals surface area contributed by atoms with Gasteiger partial charge in [0.15, 0.2) is 0 Å². The molecule has 0 aliphatic carbocycles. The Hall–Kier alpha value is -2.42. The van der Waals surface area contributed by atoms with Crippen LogP contribution < -0.4 is 4.18 Å². The molecular formula is C23H27NO5S2. The highest BCUT2D eigenvalue weighted by atomic mass is 32.2. The summed E-state index contributed by atoms with van der Waals surface area (Å²) >= 11 is 0. The van der Waals surface area contributed by atoms with Crippen molar-refractivity contribution in [2.75, 3.05) is 12.3 Å². The molecule has 0 radical (unpaired) electrons. The summed E-state index contributed by atoms with van der Waals surface area (Å²) < 4.78 is 56.6. The largest absolute Gasteiger partial charge is 0.382 e. The van der Waals surface area contributed by atoms with Crippen molar-refractivity contribution < 1.29 is 21.0 Å². The Balaban J connectivity index is 1.88. The molecule has 0 fully saturated rings. The van der Waals surface area contributed by atoms with Gasteiger partial charge in [0.1, 0.15) is 5.75 Å². The summed E-state index contributed by atoms with van der Waals surface area (Å²) in [5.74, 6) is 0.215. The topological polar surface area (TPSA) is 80.8 Å². The van der Waals surface area contributed by atoms with Crippen LogP contribution in [0.2, 0.25) is 0 Å². The van der Waals surface area contributed by atoms with Crippen LogP contribution in [0.1, 0.15) is 26.3 Å². The van der Waals surface area contributed by atoms with Gasteiger partial charge in [0.05, 0.1) is 10.6 Å². The molecule has 0 spiro atoms. The highest BCUT2D eigenvalue weighted by Crippen LogP contribution is 2.25. The quantitative estimate of drug-likeness (QED) is 0.441. The lowest BCUT2D eigenvalue weighted by Gasteiger charge is -2.24. The normalized spacial score (nSPS) is 12.5. The fourth-order valence-electron chi connectivity index (χ4n) is 3.19. The third-order valence-corrected chi connectivity index (χ3v) is 7.75. The summed E-state index contributed by atoms with van der Waals surface area (Å²) in [6, 6.07) is 19.2. The maximum absolute atomic E-state index is 13.4. The van der Waals surface area contributed by atoms with Crippen molar-refractivity contribution in [2.45, 2.75) is 32.2 Å². The smallest absolute Gasteiger partial charge is 0.308 e. The second kappa shape index (κ2) is 9.38. The van der Waals surface area contributed by atoms with Gasteiger partial charge in [-0.15, -0.1) is 0 Å². The van der Waals surface area contributed by atoms with Crippen molar-refractivity contribution in [3.05, 3.63) is 72.3 Å². The Morgan fingerprint density at radius 2 is 1.52 bits per heavy atom. The SMILES string of the molecule is CCS(=O)(=O)Oc1ccc(CN(CC(C)C)S(=O)(=O)c2ccc3ccccc3c2)cc1. The zero-order chi connectivity index (χ0) is 22.6. The van der Waals surface area contributed by atoms with Crippen LogP contribution in [0.3, 0.4) is 0 Å². The van der Waals surface area contributed by atoms with Crippen molar-refractivity contribution in [3.63, 3.8) is 0 Å². The van der Waals surface area contributed by atoms with Crippen LogP contribution in [0, 0.1) is 5.92 Å². The van der Waals surface area contributed by atoms with E-state index < -0.39 is 20.1 Å². The predicted octanol–water partition coefficient (Wildman–Crippen LogP) is 4.42. The number of rotatable bonds is 9. The van der Waals surface area contributed by atoms with Gasteiger partial charge in [0.2, 0.25) is 10.0 Å². The highest BCUT2D eigenvalue weighted by Gasteiger charge is 2.25. The second-order valence-corrected chi connectivity index (χ2v) is 11.6. The van der Waals surface area contributed by atoms with E-state index in [1.165, 1.54) is 11.2 Å². The lowest BCUT2D eigenvalue weighted by atomic mass is 10.1. The zero-order valence-electron chi connectivity index (χ0n) is 17.9. The molecular weight excluding hydrogens is 434 g/mol. The van der Waals surface area contributed by atoms with Crippen LogP contribution in [0.4, 0.5) is 0 Å². The Kier molecular flexibility index (Phi) is 7.03. The monoisotopic (exact) mass is 461 g/mol. The molecule has 0 saturated heterocycles. The molecule has 31 heavy (non-hydrogen) atoms. The second-order valence-electron chi connectivity index (χ2n) is 7.77. The van der Waals surface area contributed by atoms with Gasteiger partial charge >= 0.3 is 10.1 Å². The van der Waals surface area contributed by atoms with E-state index in [4.69, 9.17) is 4.18 Å². The minimum Gasteiger partial charge on any atom is -0.382 e. The molecule has 0 unspecified atom stereocenters. The number of sulfonamides is 1. The fourth-order valence-corrected chi connectivity index (χ4v) is 5.34. The minimum absolute atomic E-state index is 0.124. The first-order valence-electron chi connectivity index (χ1n) is 10.1. The number of benzene rings is 3. The first-order chi connectivity index (χ1) is 14.6. The summed E-state index contributed by atoms with van der Waals surface area (Å²) in [5, 5.41) is 1.85. The van der Waals surface area contributed by atoms with Gasteiger partial charge in [0.25, 0.3) is 0 Å². The van der Waals surface area contributed by atoms with Crippen molar-refractivity contribution >= 4 is 30.9 Å². The van der Waals surface area contributed by atoms with Gasteiger partial charge in [-0.25, -0.2) is 8.42 Å². The molecule has 3 rings (SSSR count). The number of fused-ring (bicyclic) bond motifs is 1. The summed E-state index contributed by atoms with van der Waals surface area (Å²) in [6.07, 6.45) is 0. The molecule has 3 aromatic carbocycles. The molecule has 0 N–H and O–H groups in total. The molecule has 3 aromatic rings. The van der Waals surface area contributed by atoms with Gasteiger partial charge in [-0.2, -0.15) is 12.7 Å². The van der Waals surface area contributed by atoms with Gasteiger partial charge in [-0.05, 0) is 53.4 Å². The summed E-state index contributed by atoms with van der Waals surface area (Å²) in [5.41, 5.74) is 0.742. The van der Waals surface area contributed by atoms with E-state index in [1.807, 2.05) is 44.2 Å². The molecule has 6 nitrogen and oxygen atoms in total. The average Bonchev–Trinajstić information content (AvgIpc) is 2.73. The summed E-state index contributed by atoms with van der Waals surface area (Å²) in [7, 11) is -7.33. The molecule has 0 aliphatic rings. The van der Waals surface area contributed by atoms with Crippen LogP contribution in [0.25, 0.3) is 10.8 Å². The third-order valence-electron chi connectivity index (χ3n) is 4.79. The molecule has 0 atom stereocenters. The van der Waals surface area contributed by atoms with E-state index in [0.717, 1.165) is 16.3 Å². The maximum Gasteiger partial charge on any atom is 0.308 e. The fraction of sp³-hybridized carbons (Fsp3) is 0.304. The van der Waals surface area contributed by atoms with Crippen LogP contribution in [0.15, 0.2) is 71.6 Å². The Morgan fingerprint density at radius 3 is 2.13 bits per heavy atom. The lowest BCUT2D eigenvalue weighted by molar-refractivity contribution is 0.362. The van der Waals surface area contributed by atoms with E-state index in [0.29, 0.717) is 6.54 Å². The molecule has 0 saturated carbocycles. The lowest BCUT2D eigenvalue weighted by Crippen LogP contribution is -2.33. The van der Waals surface area contributed by atoms with Crippen molar-refractivity contribution in [2.24, 2.45) is 5.92 Å². The first kappa shape index (κ1) is 23.2. The minimum atomic E-state index is -3.72. The maximum atomic E-state index is 13.4. The Bertz CT molecular complexity index is 1250. The van der Waals surface area contributed by atoms with Crippen LogP contribution in [-0.2, 0) is 26.7 Å². The van der Waals surface area contributed by atoms with E-state index in [9.17, 15) is 16.8 Å². The highest BCUT2D eigenvalue weighted by molar-refractivity contribution is 7.89. The van der Waals surface area contributed by atoms with Crippen LogP contribution >= 0.6 is 0 Å². The number of nitrogens with zero attached hydrogens (tertiary/aromatic N) is 1. The molecule has 0 amide bonds. The average molecular weight is 462 g/mol. The van der Waals surface area contributed by atoms with Crippen molar-refractivity contribution in [1.82, 2.24) is 4.31 Å². The van der Waals surface area contributed by atoms with Gasteiger partial charge in [-0.3, -0.25) is 0 Å².